The maximum atomic E-state index is 13.3. The van der Waals surface area contributed by atoms with Crippen LogP contribution in [0.5, 0.6) is 0 Å². The van der Waals surface area contributed by atoms with Crippen molar-refractivity contribution in [1.29, 1.82) is 5.41 Å². The van der Waals surface area contributed by atoms with Crippen molar-refractivity contribution >= 4 is 23.1 Å². The van der Waals surface area contributed by atoms with E-state index in [-0.39, 0.29) is 12.2 Å². The summed E-state index contributed by atoms with van der Waals surface area (Å²) in [6.07, 6.45) is -3.07. The number of hydrogen-bond donors (Lipinski definition) is 3. The molecular formula is C22H21F3N6O. The molecular weight excluding hydrogens is 421 g/mol. The molecule has 0 atom stereocenters. The van der Waals surface area contributed by atoms with Crippen LogP contribution >= 0.6 is 0 Å². The zero-order valence-corrected chi connectivity index (χ0v) is 17.0. The molecule has 0 unspecified atom stereocenters. The van der Waals surface area contributed by atoms with Gasteiger partial charge in [0.2, 0.25) is 0 Å². The molecule has 32 heavy (non-hydrogen) atoms. The van der Waals surface area contributed by atoms with Crippen LogP contribution in [0.3, 0.4) is 0 Å². The number of rotatable bonds is 5. The third-order valence-corrected chi connectivity index (χ3v) is 5.18. The summed E-state index contributed by atoms with van der Waals surface area (Å²) in [5, 5.41) is 14.2. The third kappa shape index (κ3) is 4.35. The lowest BCUT2D eigenvalue weighted by molar-refractivity contribution is -0.141. The van der Waals surface area contributed by atoms with Crippen molar-refractivity contribution in [1.82, 2.24) is 9.78 Å². The fourth-order valence-electron chi connectivity index (χ4n) is 3.57. The number of anilines is 2. The number of aromatic nitrogens is 2. The second-order valence-corrected chi connectivity index (χ2v) is 7.40. The molecule has 1 aromatic heterocycles. The van der Waals surface area contributed by atoms with Crippen LogP contribution in [0.4, 0.5) is 24.5 Å². The van der Waals surface area contributed by atoms with Gasteiger partial charge in [0.25, 0.3) is 5.91 Å². The van der Waals surface area contributed by atoms with Crippen molar-refractivity contribution in [2.24, 2.45) is 5.73 Å². The van der Waals surface area contributed by atoms with Gasteiger partial charge in [-0.05, 0) is 48.4 Å². The van der Waals surface area contributed by atoms with Gasteiger partial charge in [-0.3, -0.25) is 10.2 Å². The van der Waals surface area contributed by atoms with Crippen LogP contribution < -0.4 is 16.0 Å². The van der Waals surface area contributed by atoms with Gasteiger partial charge in [-0.1, -0.05) is 12.1 Å². The molecule has 4 rings (SSSR count). The number of nitrogens with two attached hydrogens (primary N) is 1. The number of alkyl halides is 3. The average molecular weight is 442 g/mol. The predicted octanol–water partition coefficient (Wildman–Crippen LogP) is 4.18. The van der Waals surface area contributed by atoms with Crippen LogP contribution in [0.2, 0.25) is 0 Å². The molecule has 2 aromatic carbocycles. The van der Waals surface area contributed by atoms with Gasteiger partial charge in [-0.25, -0.2) is 4.68 Å². The number of nitrogens with zero attached hydrogens (tertiary/aromatic N) is 3. The Hall–Kier alpha value is -3.66. The van der Waals surface area contributed by atoms with Crippen LogP contribution in [0.1, 0.15) is 34.6 Å². The molecule has 1 saturated heterocycles. The lowest BCUT2D eigenvalue weighted by Crippen LogP contribution is -2.23. The fourth-order valence-corrected chi connectivity index (χ4v) is 3.57. The highest BCUT2D eigenvalue weighted by Gasteiger charge is 2.36. The molecule has 3 aromatic rings. The number of amidine groups is 1. The van der Waals surface area contributed by atoms with Crippen molar-refractivity contribution < 1.29 is 18.0 Å². The van der Waals surface area contributed by atoms with Crippen molar-refractivity contribution in [3.8, 4) is 5.69 Å². The normalized spacial score (nSPS) is 14.1. The van der Waals surface area contributed by atoms with Gasteiger partial charge in [0.05, 0.1) is 5.69 Å². The van der Waals surface area contributed by atoms with Gasteiger partial charge in [0, 0.05) is 37.0 Å². The van der Waals surface area contributed by atoms with Gasteiger partial charge in [0.15, 0.2) is 5.69 Å². The fraction of sp³-hybridized carbons (Fsp3) is 0.227. The minimum absolute atomic E-state index is 0.198. The molecule has 166 valence electrons. The van der Waals surface area contributed by atoms with Crippen LogP contribution in [0.15, 0.2) is 54.6 Å². The highest BCUT2D eigenvalue weighted by molar-refractivity contribution is 6.04. The Kier molecular flexibility index (Phi) is 5.70. The van der Waals surface area contributed by atoms with E-state index in [9.17, 15) is 18.0 Å². The van der Waals surface area contributed by atoms with Gasteiger partial charge in [-0.15, -0.1) is 0 Å². The van der Waals surface area contributed by atoms with E-state index in [0.29, 0.717) is 22.8 Å². The molecule has 0 bridgehead atoms. The molecule has 0 radical (unpaired) electrons. The van der Waals surface area contributed by atoms with Gasteiger partial charge in [0.1, 0.15) is 11.5 Å². The molecule has 2 heterocycles. The van der Waals surface area contributed by atoms with E-state index in [1.807, 2.05) is 4.90 Å². The summed E-state index contributed by atoms with van der Waals surface area (Å²) in [7, 11) is 0. The summed E-state index contributed by atoms with van der Waals surface area (Å²) in [5.74, 6) is -0.196. The standard InChI is InChI=1S/C22H21F3N6O/c23-22(24,25)19-12-18(31(29-19)17-4-1-3-14(11-17)13-26)21(32)28-15-6-8-16(9-7-15)30-10-2-5-20(30)27/h1,3-4,6-9,11-12,27H,2,5,10,13,26H2,(H,28,32). The van der Waals surface area contributed by atoms with Crippen LogP contribution in [0, 0.1) is 5.41 Å². The third-order valence-electron chi connectivity index (χ3n) is 5.18. The molecule has 1 amide bonds. The molecule has 7 nitrogen and oxygen atoms in total. The lowest BCUT2D eigenvalue weighted by Gasteiger charge is -2.18. The number of hydrogen-bond acceptors (Lipinski definition) is 4. The first-order valence-electron chi connectivity index (χ1n) is 9.99. The van der Waals surface area contributed by atoms with Gasteiger partial charge in [-0.2, -0.15) is 18.3 Å². The van der Waals surface area contributed by atoms with Gasteiger partial charge < -0.3 is 16.0 Å². The molecule has 0 spiro atoms. The zero-order valence-electron chi connectivity index (χ0n) is 17.0. The monoisotopic (exact) mass is 442 g/mol. The van der Waals surface area contributed by atoms with E-state index in [1.54, 1.807) is 48.5 Å². The summed E-state index contributed by atoms with van der Waals surface area (Å²) in [5.41, 5.74) is 6.46. The Labute approximate surface area is 182 Å². The quantitative estimate of drug-likeness (QED) is 0.552. The summed E-state index contributed by atoms with van der Waals surface area (Å²) < 4.78 is 40.9. The van der Waals surface area contributed by atoms with E-state index in [2.05, 4.69) is 10.4 Å². The van der Waals surface area contributed by atoms with Crippen molar-refractivity contribution in [2.45, 2.75) is 25.6 Å². The Morgan fingerprint density at radius 2 is 1.88 bits per heavy atom. The Morgan fingerprint density at radius 1 is 1.12 bits per heavy atom. The Morgan fingerprint density at radius 3 is 2.50 bits per heavy atom. The number of benzene rings is 2. The zero-order chi connectivity index (χ0) is 22.9. The molecule has 4 N–H and O–H groups in total. The number of amides is 1. The summed E-state index contributed by atoms with van der Waals surface area (Å²) >= 11 is 0. The maximum absolute atomic E-state index is 13.3. The van der Waals surface area contributed by atoms with Crippen LogP contribution in [-0.2, 0) is 12.7 Å². The predicted molar refractivity (Wildman–Crippen MR) is 115 cm³/mol. The highest BCUT2D eigenvalue weighted by atomic mass is 19.4. The molecule has 1 aliphatic rings. The van der Waals surface area contributed by atoms with Crippen LogP contribution in [-0.4, -0.2) is 28.1 Å². The number of halogens is 3. The van der Waals surface area contributed by atoms with Crippen molar-refractivity contribution in [3.63, 3.8) is 0 Å². The van der Waals surface area contributed by atoms with Crippen molar-refractivity contribution in [3.05, 3.63) is 71.5 Å². The minimum Gasteiger partial charge on any atom is -0.330 e. The van der Waals surface area contributed by atoms with E-state index < -0.39 is 17.8 Å². The highest BCUT2D eigenvalue weighted by Crippen LogP contribution is 2.30. The minimum atomic E-state index is -4.70. The molecule has 0 aliphatic carbocycles. The largest absolute Gasteiger partial charge is 0.435 e. The number of carbonyl (C=O) groups is 1. The molecule has 10 heteroatoms. The lowest BCUT2D eigenvalue weighted by atomic mass is 10.2. The van der Waals surface area contributed by atoms with Crippen LogP contribution in [0.25, 0.3) is 5.69 Å². The van der Waals surface area contributed by atoms with E-state index in [1.165, 1.54) is 0 Å². The SMILES string of the molecule is N=C1CCCN1c1ccc(NC(=O)c2cc(C(F)(F)F)nn2-c2cccc(CN)c2)cc1. The van der Waals surface area contributed by atoms with Gasteiger partial charge >= 0.3 is 6.18 Å². The second-order valence-electron chi connectivity index (χ2n) is 7.40. The first kappa shape index (κ1) is 21.6. The van der Waals surface area contributed by atoms with E-state index in [0.717, 1.165) is 35.8 Å². The smallest absolute Gasteiger partial charge is 0.330 e. The number of carbonyl (C=O) groups excluding carboxylic acids is 1. The summed E-state index contributed by atoms with van der Waals surface area (Å²) in [4.78, 5) is 14.8. The van der Waals surface area contributed by atoms with E-state index in [4.69, 9.17) is 11.1 Å². The molecule has 0 saturated carbocycles. The topological polar surface area (TPSA) is 100 Å². The first-order chi connectivity index (χ1) is 15.3. The Balaban J connectivity index is 1.62. The number of nitrogens with one attached hydrogen (secondary N) is 2. The first-order valence-corrected chi connectivity index (χ1v) is 9.99. The van der Waals surface area contributed by atoms with E-state index >= 15 is 0 Å². The summed E-state index contributed by atoms with van der Waals surface area (Å²) in [6, 6.07) is 14.1. The maximum Gasteiger partial charge on any atom is 0.435 e. The molecule has 1 fully saturated rings. The Bertz CT molecular complexity index is 1150. The molecule has 1 aliphatic heterocycles. The summed E-state index contributed by atoms with van der Waals surface area (Å²) in [6.45, 7) is 0.954. The second kappa shape index (κ2) is 8.46. The van der Waals surface area contributed by atoms with Crippen molar-refractivity contribution in [2.75, 3.05) is 16.8 Å². The average Bonchev–Trinajstić information content (AvgIpc) is 3.41.